The van der Waals surface area contributed by atoms with Crippen LogP contribution in [0.15, 0.2) is 72.8 Å². The number of para-hydroxylation sites is 1. The summed E-state index contributed by atoms with van der Waals surface area (Å²) in [5.41, 5.74) is 6.28. The minimum Gasteiger partial charge on any atom is -0.497 e. The van der Waals surface area contributed by atoms with Crippen molar-refractivity contribution in [2.75, 3.05) is 13.7 Å². The van der Waals surface area contributed by atoms with Crippen molar-refractivity contribution in [3.05, 3.63) is 89.5 Å². The molecule has 4 aromatic rings. The highest BCUT2D eigenvalue weighted by molar-refractivity contribution is 6.02. The zero-order chi connectivity index (χ0) is 21.4. The molecule has 1 aliphatic heterocycles. The van der Waals surface area contributed by atoms with Crippen LogP contribution in [0, 0.1) is 0 Å². The molecule has 31 heavy (non-hydrogen) atoms. The van der Waals surface area contributed by atoms with E-state index >= 15 is 0 Å². The predicted octanol–water partition coefficient (Wildman–Crippen LogP) is 6.19. The fourth-order valence-corrected chi connectivity index (χ4v) is 4.67. The molecule has 4 nitrogen and oxygen atoms in total. The number of nitrogens with one attached hydrogen (secondary N) is 1. The SMILES string of the molecule is CCCCN1C(=O)c2ccccc2[C@H]1c1c(-c2ccc(OC)cc2)[nH]c2ccccc12. The summed E-state index contributed by atoms with van der Waals surface area (Å²) in [7, 11) is 1.68. The van der Waals surface area contributed by atoms with Crippen molar-refractivity contribution in [3.8, 4) is 17.0 Å². The molecule has 0 saturated carbocycles. The fraction of sp³-hybridized carbons (Fsp3) is 0.222. The molecule has 4 heteroatoms. The van der Waals surface area contributed by atoms with Gasteiger partial charge in [0.25, 0.3) is 5.91 Å². The Labute approximate surface area is 182 Å². The van der Waals surface area contributed by atoms with Crippen molar-refractivity contribution in [2.45, 2.75) is 25.8 Å². The van der Waals surface area contributed by atoms with E-state index in [2.05, 4.69) is 53.2 Å². The third-order valence-corrected chi connectivity index (χ3v) is 6.21. The van der Waals surface area contributed by atoms with Crippen LogP contribution >= 0.6 is 0 Å². The second-order valence-corrected chi connectivity index (χ2v) is 8.03. The first-order valence-electron chi connectivity index (χ1n) is 10.9. The molecule has 156 valence electrons. The van der Waals surface area contributed by atoms with Crippen molar-refractivity contribution in [3.63, 3.8) is 0 Å². The zero-order valence-electron chi connectivity index (χ0n) is 17.9. The number of benzene rings is 3. The van der Waals surface area contributed by atoms with E-state index in [4.69, 9.17) is 4.74 Å². The van der Waals surface area contributed by atoms with Gasteiger partial charge < -0.3 is 14.6 Å². The Hall–Kier alpha value is -3.53. The van der Waals surface area contributed by atoms with Crippen molar-refractivity contribution in [2.24, 2.45) is 0 Å². The van der Waals surface area contributed by atoms with Crippen LogP contribution < -0.4 is 4.74 Å². The van der Waals surface area contributed by atoms with E-state index in [-0.39, 0.29) is 11.9 Å². The average Bonchev–Trinajstić information content (AvgIpc) is 3.33. The molecule has 0 bridgehead atoms. The van der Waals surface area contributed by atoms with Gasteiger partial charge in [-0.25, -0.2) is 0 Å². The Morgan fingerprint density at radius 1 is 0.968 bits per heavy atom. The summed E-state index contributed by atoms with van der Waals surface area (Å²) >= 11 is 0. The Morgan fingerprint density at radius 3 is 2.48 bits per heavy atom. The van der Waals surface area contributed by atoms with E-state index in [1.165, 1.54) is 0 Å². The molecule has 1 aromatic heterocycles. The Balaban J connectivity index is 1.75. The molecule has 2 heterocycles. The summed E-state index contributed by atoms with van der Waals surface area (Å²) in [6.45, 7) is 2.91. The highest BCUT2D eigenvalue weighted by Gasteiger charge is 2.39. The van der Waals surface area contributed by atoms with Gasteiger partial charge >= 0.3 is 0 Å². The second-order valence-electron chi connectivity index (χ2n) is 8.03. The first kappa shape index (κ1) is 19.4. The lowest BCUT2D eigenvalue weighted by atomic mass is 9.93. The lowest BCUT2D eigenvalue weighted by Gasteiger charge is -2.26. The van der Waals surface area contributed by atoms with Crippen LogP contribution in [0.1, 0.15) is 47.3 Å². The third-order valence-electron chi connectivity index (χ3n) is 6.21. The number of aromatic nitrogens is 1. The molecular weight excluding hydrogens is 384 g/mol. The molecule has 0 radical (unpaired) electrons. The highest BCUT2D eigenvalue weighted by atomic mass is 16.5. The lowest BCUT2D eigenvalue weighted by molar-refractivity contribution is 0.0748. The van der Waals surface area contributed by atoms with E-state index in [9.17, 15) is 4.79 Å². The minimum absolute atomic E-state index is 0.108. The van der Waals surface area contributed by atoms with Crippen LogP contribution in [-0.2, 0) is 0 Å². The molecule has 1 aliphatic rings. The maximum atomic E-state index is 13.4. The van der Waals surface area contributed by atoms with Crippen molar-refractivity contribution in [1.29, 1.82) is 0 Å². The molecule has 5 rings (SSSR count). The molecular formula is C27H26N2O2. The van der Waals surface area contributed by atoms with Gasteiger partial charge in [-0.05, 0) is 53.9 Å². The lowest BCUT2D eigenvalue weighted by Crippen LogP contribution is -2.30. The molecule has 0 spiro atoms. The molecule has 0 unspecified atom stereocenters. The van der Waals surface area contributed by atoms with Crippen LogP contribution in [0.2, 0.25) is 0 Å². The maximum absolute atomic E-state index is 13.4. The minimum atomic E-state index is -0.108. The monoisotopic (exact) mass is 410 g/mol. The number of unbranched alkanes of at least 4 members (excludes halogenated alkanes) is 1. The first-order chi connectivity index (χ1) is 15.2. The van der Waals surface area contributed by atoms with Gasteiger partial charge in [0.2, 0.25) is 0 Å². The van der Waals surface area contributed by atoms with E-state index in [0.29, 0.717) is 0 Å². The van der Waals surface area contributed by atoms with Crippen LogP contribution in [0.3, 0.4) is 0 Å². The topological polar surface area (TPSA) is 45.3 Å². The summed E-state index contributed by atoms with van der Waals surface area (Å²) in [4.78, 5) is 19.1. The Bertz CT molecular complexity index is 1240. The molecule has 0 saturated heterocycles. The third kappa shape index (κ3) is 3.19. The summed E-state index contributed by atoms with van der Waals surface area (Å²) in [6, 6.07) is 24.4. The van der Waals surface area contributed by atoms with Crippen LogP contribution in [0.5, 0.6) is 5.75 Å². The molecule has 1 atom stereocenters. The smallest absolute Gasteiger partial charge is 0.255 e. The van der Waals surface area contributed by atoms with E-state index in [1.807, 2.05) is 36.4 Å². The largest absolute Gasteiger partial charge is 0.497 e. The number of hydrogen-bond donors (Lipinski definition) is 1. The average molecular weight is 411 g/mol. The van der Waals surface area contributed by atoms with E-state index in [1.54, 1.807) is 7.11 Å². The number of amides is 1. The summed E-state index contributed by atoms with van der Waals surface area (Å²) in [6.07, 6.45) is 2.03. The molecule has 1 N–H and O–H groups in total. The number of hydrogen-bond acceptors (Lipinski definition) is 2. The molecule has 3 aromatic carbocycles. The standard InChI is InChI=1S/C27H26N2O2/c1-3-4-17-29-26(20-9-5-6-10-21(20)27(29)30)24-22-11-7-8-12-23(22)28-25(24)18-13-15-19(31-2)16-14-18/h5-16,26,28H,3-4,17H2,1-2H3/t26-/m0/s1. The van der Waals surface area contributed by atoms with Crippen LogP contribution in [-0.4, -0.2) is 29.4 Å². The van der Waals surface area contributed by atoms with E-state index in [0.717, 1.165) is 64.0 Å². The number of H-pyrrole nitrogens is 1. The highest BCUT2D eigenvalue weighted by Crippen LogP contribution is 2.45. The number of carbonyl (C=O) groups excluding carboxylic acids is 1. The van der Waals surface area contributed by atoms with Gasteiger partial charge in [0.15, 0.2) is 0 Å². The Kier molecular flexibility index (Phi) is 4.99. The number of ether oxygens (including phenoxy) is 1. The number of nitrogens with zero attached hydrogens (tertiary/aromatic N) is 1. The summed E-state index contributed by atoms with van der Waals surface area (Å²) in [5.74, 6) is 0.951. The van der Waals surface area contributed by atoms with Gasteiger partial charge in [0, 0.05) is 28.6 Å². The predicted molar refractivity (Wildman–Crippen MR) is 125 cm³/mol. The second kappa shape index (κ2) is 7.95. The number of carbonyl (C=O) groups is 1. The maximum Gasteiger partial charge on any atom is 0.255 e. The van der Waals surface area contributed by atoms with Gasteiger partial charge in [-0.3, -0.25) is 4.79 Å². The van der Waals surface area contributed by atoms with Gasteiger partial charge in [-0.2, -0.15) is 0 Å². The summed E-state index contributed by atoms with van der Waals surface area (Å²) < 4.78 is 5.35. The number of aromatic amines is 1. The van der Waals surface area contributed by atoms with E-state index < -0.39 is 0 Å². The van der Waals surface area contributed by atoms with Gasteiger partial charge in [-0.15, -0.1) is 0 Å². The number of rotatable bonds is 6. The fourth-order valence-electron chi connectivity index (χ4n) is 4.67. The Morgan fingerprint density at radius 2 is 1.71 bits per heavy atom. The first-order valence-corrected chi connectivity index (χ1v) is 10.9. The summed E-state index contributed by atoms with van der Waals surface area (Å²) in [5, 5.41) is 1.16. The van der Waals surface area contributed by atoms with Crippen LogP contribution in [0.4, 0.5) is 0 Å². The number of methoxy groups -OCH3 is 1. The molecule has 0 fully saturated rings. The molecule has 0 aliphatic carbocycles. The molecule has 1 amide bonds. The van der Waals surface area contributed by atoms with Crippen molar-refractivity contribution < 1.29 is 9.53 Å². The van der Waals surface area contributed by atoms with Gasteiger partial charge in [-0.1, -0.05) is 49.7 Å². The van der Waals surface area contributed by atoms with Crippen LogP contribution in [0.25, 0.3) is 22.2 Å². The van der Waals surface area contributed by atoms with Crippen molar-refractivity contribution in [1.82, 2.24) is 9.88 Å². The zero-order valence-corrected chi connectivity index (χ0v) is 17.9. The quantitative estimate of drug-likeness (QED) is 0.412. The van der Waals surface area contributed by atoms with Crippen molar-refractivity contribution >= 4 is 16.8 Å². The van der Waals surface area contributed by atoms with Gasteiger partial charge in [0.05, 0.1) is 18.8 Å². The number of fused-ring (bicyclic) bond motifs is 2. The van der Waals surface area contributed by atoms with Gasteiger partial charge in [0.1, 0.15) is 5.75 Å². The normalized spacial score (nSPS) is 15.5.